The minimum absolute atomic E-state index is 0.0969. The second-order valence-electron chi connectivity index (χ2n) is 5.08. The van der Waals surface area contributed by atoms with Gasteiger partial charge in [-0.25, -0.2) is 4.39 Å². The second-order valence-corrected chi connectivity index (χ2v) is 7.71. The lowest BCUT2D eigenvalue weighted by molar-refractivity contribution is 0.167. The first-order chi connectivity index (χ1) is 9.04. The van der Waals surface area contributed by atoms with E-state index >= 15 is 0 Å². The number of aliphatic hydroxyl groups is 1. The summed E-state index contributed by atoms with van der Waals surface area (Å²) in [6, 6.07) is 3.47. The summed E-state index contributed by atoms with van der Waals surface area (Å²) in [6.07, 6.45) is 0.315. The van der Waals surface area contributed by atoms with Gasteiger partial charge in [-0.05, 0) is 37.5 Å². The maximum Gasteiger partial charge on any atom is 0.129 e. The van der Waals surface area contributed by atoms with Crippen LogP contribution in [-0.4, -0.2) is 27.1 Å². The van der Waals surface area contributed by atoms with Crippen LogP contribution in [0, 0.1) is 19.7 Å². The Labute approximate surface area is 123 Å². The fraction of sp³-hybridized carbons (Fsp3) is 0.600. The maximum absolute atomic E-state index is 14.2. The molecule has 1 aromatic carbocycles. The molecule has 3 unspecified atom stereocenters. The van der Waals surface area contributed by atoms with Gasteiger partial charge in [-0.2, -0.15) is 23.5 Å². The zero-order chi connectivity index (χ0) is 14.0. The molecular weight excluding hydrogens is 279 g/mol. The van der Waals surface area contributed by atoms with Crippen molar-refractivity contribution in [1.82, 2.24) is 0 Å². The number of rotatable bonds is 3. The summed E-state index contributed by atoms with van der Waals surface area (Å²) in [5.41, 5.74) is 2.25. The molecule has 0 saturated carbocycles. The lowest BCUT2D eigenvalue weighted by atomic mass is 9.96. The maximum atomic E-state index is 14.2. The highest BCUT2D eigenvalue weighted by Crippen LogP contribution is 2.41. The average Bonchev–Trinajstić information content (AvgIpc) is 2.37. The quantitative estimate of drug-likeness (QED) is 0.907. The lowest BCUT2D eigenvalue weighted by Crippen LogP contribution is -2.32. The fourth-order valence-corrected chi connectivity index (χ4v) is 5.81. The molecule has 1 heterocycles. The van der Waals surface area contributed by atoms with Crippen LogP contribution in [0.2, 0.25) is 0 Å². The molecule has 0 bridgehead atoms. The molecule has 1 fully saturated rings. The first-order valence-electron chi connectivity index (χ1n) is 6.72. The Balaban J connectivity index is 2.30. The zero-order valence-corrected chi connectivity index (χ0v) is 13.3. The number of aryl methyl sites for hydroxylation is 2. The van der Waals surface area contributed by atoms with Gasteiger partial charge in [0.25, 0.3) is 0 Å². The molecule has 0 aliphatic carbocycles. The largest absolute Gasteiger partial charge is 0.387 e. The van der Waals surface area contributed by atoms with Crippen molar-refractivity contribution in [2.24, 2.45) is 0 Å². The summed E-state index contributed by atoms with van der Waals surface area (Å²) in [7, 11) is 0. The number of aliphatic hydroxyl groups excluding tert-OH is 1. The number of halogens is 1. The number of benzene rings is 1. The zero-order valence-electron chi connectivity index (χ0n) is 11.6. The van der Waals surface area contributed by atoms with Gasteiger partial charge in [0.2, 0.25) is 0 Å². The normalized spacial score (nSPS) is 25.3. The van der Waals surface area contributed by atoms with Crippen LogP contribution in [0.25, 0.3) is 0 Å². The van der Waals surface area contributed by atoms with Gasteiger partial charge in [0.1, 0.15) is 5.82 Å². The van der Waals surface area contributed by atoms with Crippen molar-refractivity contribution in [1.29, 1.82) is 0 Å². The van der Waals surface area contributed by atoms with Crippen molar-refractivity contribution in [3.05, 3.63) is 34.6 Å². The smallest absolute Gasteiger partial charge is 0.129 e. The van der Waals surface area contributed by atoms with E-state index in [9.17, 15) is 9.50 Å². The number of thioether (sulfide) groups is 2. The molecule has 0 aromatic heterocycles. The van der Waals surface area contributed by atoms with Crippen LogP contribution in [0.5, 0.6) is 0 Å². The molecule has 1 aliphatic rings. The molecule has 19 heavy (non-hydrogen) atoms. The van der Waals surface area contributed by atoms with Crippen molar-refractivity contribution >= 4 is 23.5 Å². The van der Waals surface area contributed by atoms with Gasteiger partial charge in [-0.3, -0.25) is 0 Å². The monoisotopic (exact) mass is 300 g/mol. The van der Waals surface area contributed by atoms with E-state index in [0.29, 0.717) is 10.8 Å². The van der Waals surface area contributed by atoms with E-state index in [2.05, 4.69) is 6.92 Å². The van der Waals surface area contributed by atoms with Gasteiger partial charge in [0.05, 0.1) is 6.10 Å². The highest BCUT2D eigenvalue weighted by Gasteiger charge is 2.33. The van der Waals surface area contributed by atoms with Gasteiger partial charge in [0.15, 0.2) is 0 Å². The Hall–Kier alpha value is -0.190. The van der Waals surface area contributed by atoms with Crippen LogP contribution in [0.4, 0.5) is 4.39 Å². The van der Waals surface area contributed by atoms with Gasteiger partial charge >= 0.3 is 0 Å². The van der Waals surface area contributed by atoms with Crippen molar-refractivity contribution in [2.45, 2.75) is 43.8 Å². The highest BCUT2D eigenvalue weighted by atomic mass is 32.2. The van der Waals surface area contributed by atoms with Crippen LogP contribution in [0.3, 0.4) is 0 Å². The molecule has 1 aliphatic heterocycles. The minimum Gasteiger partial charge on any atom is -0.387 e. The van der Waals surface area contributed by atoms with E-state index in [1.165, 1.54) is 6.07 Å². The van der Waals surface area contributed by atoms with E-state index in [4.69, 9.17) is 0 Å². The van der Waals surface area contributed by atoms with Crippen LogP contribution >= 0.6 is 23.5 Å². The molecule has 1 aromatic rings. The summed E-state index contributed by atoms with van der Waals surface area (Å²) in [6.45, 7) is 5.91. The topological polar surface area (TPSA) is 20.2 Å². The summed E-state index contributed by atoms with van der Waals surface area (Å²) in [5.74, 6) is 1.90. The van der Waals surface area contributed by atoms with Crippen molar-refractivity contribution < 1.29 is 9.50 Å². The van der Waals surface area contributed by atoms with E-state index in [-0.39, 0.29) is 11.1 Å². The summed E-state index contributed by atoms with van der Waals surface area (Å²) in [4.78, 5) is 0. The van der Waals surface area contributed by atoms with Crippen LogP contribution < -0.4 is 0 Å². The molecule has 2 rings (SSSR count). The highest BCUT2D eigenvalue weighted by molar-refractivity contribution is 8.07. The van der Waals surface area contributed by atoms with Crippen molar-refractivity contribution in [3.63, 3.8) is 0 Å². The molecule has 3 atom stereocenters. The fourth-order valence-electron chi connectivity index (χ4n) is 2.70. The Kier molecular flexibility index (Phi) is 5.21. The third-order valence-electron chi connectivity index (χ3n) is 3.58. The summed E-state index contributed by atoms with van der Waals surface area (Å²) in [5, 5.41) is 11.1. The molecule has 0 spiro atoms. The van der Waals surface area contributed by atoms with Crippen molar-refractivity contribution in [3.8, 4) is 0 Å². The lowest BCUT2D eigenvalue weighted by Gasteiger charge is -2.34. The summed E-state index contributed by atoms with van der Waals surface area (Å²) < 4.78 is 14.2. The van der Waals surface area contributed by atoms with E-state index in [1.54, 1.807) is 11.8 Å². The molecule has 0 amide bonds. The predicted molar refractivity (Wildman–Crippen MR) is 83.6 cm³/mol. The average molecular weight is 300 g/mol. The molecule has 0 radical (unpaired) electrons. The molecule has 1 saturated heterocycles. The van der Waals surface area contributed by atoms with E-state index in [0.717, 1.165) is 29.1 Å². The third-order valence-corrected chi connectivity index (χ3v) is 6.92. The SMILES string of the molecule is CCC1SCCSC1C(O)c1c(C)cc(C)cc1F. The van der Waals surface area contributed by atoms with Crippen molar-refractivity contribution in [2.75, 3.05) is 11.5 Å². The van der Waals surface area contributed by atoms with Crippen LogP contribution in [0.15, 0.2) is 12.1 Å². The van der Waals surface area contributed by atoms with Gasteiger partial charge < -0.3 is 5.11 Å². The van der Waals surface area contributed by atoms with Gasteiger partial charge in [-0.1, -0.05) is 13.0 Å². The van der Waals surface area contributed by atoms with Crippen LogP contribution in [-0.2, 0) is 0 Å². The Morgan fingerprint density at radius 3 is 2.63 bits per heavy atom. The first-order valence-corrected chi connectivity index (χ1v) is 8.82. The summed E-state index contributed by atoms with van der Waals surface area (Å²) >= 11 is 3.69. The predicted octanol–water partition coefficient (Wildman–Crippen LogP) is 4.10. The van der Waals surface area contributed by atoms with Gasteiger partial charge in [0, 0.05) is 27.6 Å². The van der Waals surface area contributed by atoms with E-state index in [1.807, 2.05) is 31.7 Å². The van der Waals surface area contributed by atoms with E-state index < -0.39 is 6.10 Å². The van der Waals surface area contributed by atoms with Gasteiger partial charge in [-0.15, -0.1) is 0 Å². The third kappa shape index (κ3) is 3.29. The molecule has 106 valence electrons. The Bertz CT molecular complexity index is 427. The minimum atomic E-state index is -0.705. The molecule has 4 heteroatoms. The first kappa shape index (κ1) is 15.2. The standard InChI is InChI=1S/C15H21FOS2/c1-4-12-15(19-6-5-18-12)14(17)13-10(3)7-9(2)8-11(13)16/h7-8,12,14-15,17H,4-6H2,1-3H3. The second kappa shape index (κ2) is 6.51. The molecular formula is C15H21FOS2. The Morgan fingerprint density at radius 1 is 1.32 bits per heavy atom. The Morgan fingerprint density at radius 2 is 2.00 bits per heavy atom. The molecule has 1 N–H and O–H groups in total. The molecule has 1 nitrogen and oxygen atoms in total. The number of hydrogen-bond acceptors (Lipinski definition) is 3. The van der Waals surface area contributed by atoms with Crippen LogP contribution in [0.1, 0.15) is 36.1 Å². The number of hydrogen-bond donors (Lipinski definition) is 1.